The van der Waals surface area contributed by atoms with Crippen LogP contribution in [0.15, 0.2) is 5.38 Å². The molecule has 1 aliphatic rings. The van der Waals surface area contributed by atoms with Crippen LogP contribution >= 0.6 is 23.3 Å². The molecular formula is C8H12N2OS2. The second kappa shape index (κ2) is 3.55. The van der Waals surface area contributed by atoms with Crippen molar-refractivity contribution in [3.05, 3.63) is 11.1 Å². The summed E-state index contributed by atoms with van der Waals surface area (Å²) >= 11 is 3.17. The van der Waals surface area contributed by atoms with E-state index in [0.29, 0.717) is 11.7 Å². The number of hydrogen-bond donors (Lipinski definition) is 1. The van der Waals surface area contributed by atoms with Gasteiger partial charge < -0.3 is 5.11 Å². The van der Waals surface area contributed by atoms with E-state index in [-0.39, 0.29) is 0 Å². The summed E-state index contributed by atoms with van der Waals surface area (Å²) in [5, 5.41) is 16.6. The maximum atomic E-state index is 10.1. The molecule has 2 atom stereocenters. The Labute approximate surface area is 85.7 Å². The Hall–Kier alpha value is -0.130. The van der Waals surface area contributed by atoms with Gasteiger partial charge in [-0.15, -0.1) is 5.10 Å². The molecule has 0 bridgehead atoms. The average Bonchev–Trinajstić information content (AvgIpc) is 2.62. The third kappa shape index (κ3) is 2.21. The lowest BCUT2D eigenvalue weighted by Gasteiger charge is -2.19. The minimum atomic E-state index is -0.542. The van der Waals surface area contributed by atoms with Gasteiger partial charge in [0.25, 0.3) is 0 Å². The molecule has 0 radical (unpaired) electrons. The highest BCUT2D eigenvalue weighted by molar-refractivity contribution is 8.00. The van der Waals surface area contributed by atoms with Crippen LogP contribution in [-0.2, 0) is 6.42 Å². The highest BCUT2D eigenvalue weighted by atomic mass is 32.2. The molecule has 0 amide bonds. The first-order valence-electron chi connectivity index (χ1n) is 4.28. The van der Waals surface area contributed by atoms with Gasteiger partial charge in [-0.2, -0.15) is 11.8 Å². The zero-order chi connectivity index (χ0) is 9.31. The first-order valence-corrected chi connectivity index (χ1v) is 6.16. The Morgan fingerprint density at radius 2 is 2.62 bits per heavy atom. The fraction of sp³-hybridized carbons (Fsp3) is 0.750. The van der Waals surface area contributed by atoms with E-state index in [1.807, 2.05) is 17.1 Å². The van der Waals surface area contributed by atoms with Gasteiger partial charge in [-0.25, -0.2) is 0 Å². The molecule has 0 aliphatic carbocycles. The molecule has 13 heavy (non-hydrogen) atoms. The minimum Gasteiger partial charge on any atom is -0.389 e. The van der Waals surface area contributed by atoms with E-state index in [1.165, 1.54) is 11.5 Å². The molecule has 1 saturated heterocycles. The number of aliphatic hydroxyl groups is 1. The Balaban J connectivity index is 2.01. The van der Waals surface area contributed by atoms with Crippen molar-refractivity contribution in [3.8, 4) is 0 Å². The van der Waals surface area contributed by atoms with Gasteiger partial charge in [0.05, 0.1) is 11.3 Å². The topological polar surface area (TPSA) is 46.0 Å². The molecule has 3 nitrogen and oxygen atoms in total. The smallest absolute Gasteiger partial charge is 0.0804 e. The molecule has 72 valence electrons. The van der Waals surface area contributed by atoms with Crippen LogP contribution in [0.2, 0.25) is 0 Å². The van der Waals surface area contributed by atoms with Crippen LogP contribution in [0.25, 0.3) is 0 Å². The SMILES string of the molecule is CC1CC(O)(Cc2csnn2)CS1. The molecule has 0 saturated carbocycles. The molecular weight excluding hydrogens is 204 g/mol. The summed E-state index contributed by atoms with van der Waals surface area (Å²) in [6, 6.07) is 0. The van der Waals surface area contributed by atoms with Crippen LogP contribution in [0.3, 0.4) is 0 Å². The van der Waals surface area contributed by atoms with Gasteiger partial charge >= 0.3 is 0 Å². The lowest BCUT2D eigenvalue weighted by Crippen LogP contribution is -2.31. The van der Waals surface area contributed by atoms with Crippen LogP contribution < -0.4 is 0 Å². The van der Waals surface area contributed by atoms with Gasteiger partial charge in [-0.05, 0) is 18.0 Å². The second-order valence-electron chi connectivity index (χ2n) is 3.62. The minimum absolute atomic E-state index is 0.542. The molecule has 1 aliphatic heterocycles. The van der Waals surface area contributed by atoms with E-state index in [9.17, 15) is 5.11 Å². The highest BCUT2D eigenvalue weighted by Crippen LogP contribution is 2.36. The van der Waals surface area contributed by atoms with Crippen molar-refractivity contribution in [2.75, 3.05) is 5.75 Å². The van der Waals surface area contributed by atoms with Crippen LogP contribution in [-0.4, -0.2) is 31.3 Å². The van der Waals surface area contributed by atoms with Gasteiger partial charge in [-0.3, -0.25) is 0 Å². The lowest BCUT2D eigenvalue weighted by atomic mass is 9.95. The summed E-state index contributed by atoms with van der Waals surface area (Å²) in [6.07, 6.45) is 1.52. The number of rotatable bonds is 2. The highest BCUT2D eigenvalue weighted by Gasteiger charge is 2.36. The van der Waals surface area contributed by atoms with Gasteiger partial charge in [0.15, 0.2) is 0 Å². The summed E-state index contributed by atoms with van der Waals surface area (Å²) in [5.41, 5.74) is 0.377. The Bertz CT molecular complexity index is 278. The summed E-state index contributed by atoms with van der Waals surface area (Å²) in [5.74, 6) is 0.825. The van der Waals surface area contributed by atoms with Crippen LogP contribution in [0.4, 0.5) is 0 Å². The standard InChI is InChI=1S/C8H12N2OS2/c1-6-2-8(11,5-12-6)3-7-4-13-10-9-7/h4,6,11H,2-3,5H2,1H3. The zero-order valence-electron chi connectivity index (χ0n) is 7.43. The summed E-state index contributed by atoms with van der Waals surface area (Å²) in [7, 11) is 0. The Morgan fingerprint density at radius 1 is 1.77 bits per heavy atom. The van der Waals surface area contributed by atoms with Crippen molar-refractivity contribution in [1.29, 1.82) is 0 Å². The van der Waals surface area contributed by atoms with Crippen molar-refractivity contribution in [2.24, 2.45) is 0 Å². The van der Waals surface area contributed by atoms with Crippen LogP contribution in [0, 0.1) is 0 Å². The molecule has 1 aromatic heterocycles. The second-order valence-corrected chi connectivity index (χ2v) is 5.66. The maximum Gasteiger partial charge on any atom is 0.0804 e. The molecule has 1 fully saturated rings. The van der Waals surface area contributed by atoms with E-state index in [4.69, 9.17) is 0 Å². The molecule has 0 spiro atoms. The van der Waals surface area contributed by atoms with E-state index in [0.717, 1.165) is 17.9 Å². The van der Waals surface area contributed by atoms with E-state index >= 15 is 0 Å². The summed E-state index contributed by atoms with van der Waals surface area (Å²) in [6.45, 7) is 2.15. The molecule has 5 heteroatoms. The number of aromatic nitrogens is 2. The van der Waals surface area contributed by atoms with E-state index in [2.05, 4.69) is 16.5 Å². The van der Waals surface area contributed by atoms with Crippen molar-refractivity contribution in [3.63, 3.8) is 0 Å². The van der Waals surface area contributed by atoms with Crippen molar-refractivity contribution >= 4 is 23.3 Å². The van der Waals surface area contributed by atoms with Gasteiger partial charge in [0, 0.05) is 22.8 Å². The van der Waals surface area contributed by atoms with Crippen LogP contribution in [0.1, 0.15) is 19.0 Å². The summed E-state index contributed by atoms with van der Waals surface area (Å²) < 4.78 is 3.79. The monoisotopic (exact) mass is 216 g/mol. The number of hydrogen-bond acceptors (Lipinski definition) is 5. The lowest BCUT2D eigenvalue weighted by molar-refractivity contribution is 0.0632. The molecule has 1 aromatic rings. The molecule has 1 N–H and O–H groups in total. The van der Waals surface area contributed by atoms with E-state index in [1.54, 1.807) is 0 Å². The Kier molecular flexibility index (Phi) is 2.58. The van der Waals surface area contributed by atoms with Gasteiger partial charge in [0.2, 0.25) is 0 Å². The first-order chi connectivity index (χ1) is 6.18. The van der Waals surface area contributed by atoms with E-state index < -0.39 is 5.60 Å². The molecule has 0 aromatic carbocycles. The third-order valence-electron chi connectivity index (χ3n) is 2.22. The quantitative estimate of drug-likeness (QED) is 0.810. The first kappa shape index (κ1) is 9.43. The number of thioether (sulfide) groups is 1. The van der Waals surface area contributed by atoms with Crippen molar-refractivity contribution < 1.29 is 5.11 Å². The van der Waals surface area contributed by atoms with Gasteiger partial charge in [-0.1, -0.05) is 11.4 Å². The van der Waals surface area contributed by atoms with Crippen molar-refractivity contribution in [1.82, 2.24) is 9.59 Å². The summed E-state index contributed by atoms with van der Waals surface area (Å²) in [4.78, 5) is 0. The molecule has 2 heterocycles. The number of nitrogens with zero attached hydrogens (tertiary/aromatic N) is 2. The van der Waals surface area contributed by atoms with Crippen LogP contribution in [0.5, 0.6) is 0 Å². The predicted octanol–water partition coefficient (Wildman–Crippen LogP) is 1.34. The zero-order valence-corrected chi connectivity index (χ0v) is 9.07. The Morgan fingerprint density at radius 3 is 3.15 bits per heavy atom. The fourth-order valence-electron chi connectivity index (χ4n) is 1.67. The normalized spacial score (nSPS) is 33.8. The molecule has 2 rings (SSSR count). The average molecular weight is 216 g/mol. The predicted molar refractivity (Wildman–Crippen MR) is 55.1 cm³/mol. The molecule has 2 unspecified atom stereocenters. The van der Waals surface area contributed by atoms with Crippen molar-refractivity contribution in [2.45, 2.75) is 30.6 Å². The van der Waals surface area contributed by atoms with Gasteiger partial charge in [0.1, 0.15) is 0 Å². The maximum absolute atomic E-state index is 10.1. The fourth-order valence-corrected chi connectivity index (χ4v) is 3.37. The largest absolute Gasteiger partial charge is 0.389 e. The third-order valence-corrected chi connectivity index (χ3v) is 4.21.